The second-order valence-electron chi connectivity index (χ2n) is 8.94. The minimum absolute atomic E-state index is 0.121. The van der Waals surface area contributed by atoms with Crippen molar-refractivity contribution in [1.82, 2.24) is 10.5 Å². The smallest absolute Gasteiger partial charge is 0.291 e. The molecule has 1 aromatic carbocycles. The van der Waals surface area contributed by atoms with Crippen molar-refractivity contribution in [3.05, 3.63) is 41.8 Å². The molecular weight excluding hydrogens is 356 g/mol. The van der Waals surface area contributed by atoms with Crippen molar-refractivity contribution >= 4 is 17.7 Å². The number of benzene rings is 1. The molecule has 4 saturated carbocycles. The number of amides is 1. The summed E-state index contributed by atoms with van der Waals surface area (Å²) >= 11 is 1.54. The van der Waals surface area contributed by atoms with E-state index in [0.717, 1.165) is 39.8 Å². The number of aryl methyl sites for hydroxylation is 1. The molecule has 1 aromatic heterocycles. The summed E-state index contributed by atoms with van der Waals surface area (Å²) in [6.07, 6.45) is 8.14. The van der Waals surface area contributed by atoms with E-state index >= 15 is 0 Å². The fourth-order valence-electron chi connectivity index (χ4n) is 6.09. The normalized spacial score (nSPS) is 31.2. The van der Waals surface area contributed by atoms with Gasteiger partial charge in [0.15, 0.2) is 0 Å². The molecule has 4 aliphatic rings. The van der Waals surface area contributed by atoms with Gasteiger partial charge in [0.2, 0.25) is 5.76 Å². The Hall–Kier alpha value is -1.75. The van der Waals surface area contributed by atoms with Crippen molar-refractivity contribution in [2.45, 2.75) is 55.2 Å². The van der Waals surface area contributed by atoms with Crippen LogP contribution in [0.25, 0.3) is 0 Å². The maximum absolute atomic E-state index is 12.9. The number of hydrogen-bond acceptors (Lipinski definition) is 4. The highest BCUT2D eigenvalue weighted by molar-refractivity contribution is 7.99. The first kappa shape index (κ1) is 17.4. The SMILES string of the molecule is Cc1noc(C(=O)NCC23CC4CC(CC(C4)C2)C3)c1Sc1ccccc1. The highest BCUT2D eigenvalue weighted by atomic mass is 32.2. The van der Waals surface area contributed by atoms with Crippen LogP contribution in [0.3, 0.4) is 0 Å². The van der Waals surface area contributed by atoms with E-state index < -0.39 is 0 Å². The van der Waals surface area contributed by atoms with Gasteiger partial charge < -0.3 is 9.84 Å². The molecule has 0 unspecified atom stereocenters. The van der Waals surface area contributed by atoms with Crippen LogP contribution in [0.15, 0.2) is 44.6 Å². The molecule has 142 valence electrons. The molecule has 0 spiro atoms. The van der Waals surface area contributed by atoms with E-state index in [4.69, 9.17) is 4.52 Å². The maximum Gasteiger partial charge on any atom is 0.291 e. The van der Waals surface area contributed by atoms with Crippen molar-refractivity contribution in [2.75, 3.05) is 6.54 Å². The molecule has 6 rings (SSSR count). The van der Waals surface area contributed by atoms with Crippen molar-refractivity contribution in [3.63, 3.8) is 0 Å². The second-order valence-corrected chi connectivity index (χ2v) is 10.0. The van der Waals surface area contributed by atoms with Crippen molar-refractivity contribution in [1.29, 1.82) is 0 Å². The molecule has 4 fully saturated rings. The van der Waals surface area contributed by atoms with Gasteiger partial charge in [-0.3, -0.25) is 4.79 Å². The fourth-order valence-corrected chi connectivity index (χ4v) is 7.02. The number of nitrogens with zero attached hydrogens (tertiary/aromatic N) is 1. The largest absolute Gasteiger partial charge is 0.350 e. The lowest BCUT2D eigenvalue weighted by atomic mass is 9.49. The van der Waals surface area contributed by atoms with Gasteiger partial charge in [-0.2, -0.15) is 0 Å². The number of hydrogen-bond donors (Lipinski definition) is 1. The Kier molecular flexibility index (Phi) is 4.30. The van der Waals surface area contributed by atoms with Crippen LogP contribution < -0.4 is 5.32 Å². The van der Waals surface area contributed by atoms with Gasteiger partial charge in [-0.05, 0) is 80.8 Å². The number of aromatic nitrogens is 1. The topological polar surface area (TPSA) is 55.1 Å². The summed E-state index contributed by atoms with van der Waals surface area (Å²) in [4.78, 5) is 14.8. The van der Waals surface area contributed by atoms with E-state index in [9.17, 15) is 4.79 Å². The zero-order chi connectivity index (χ0) is 18.4. The zero-order valence-corrected chi connectivity index (χ0v) is 16.6. The van der Waals surface area contributed by atoms with E-state index in [1.54, 1.807) is 11.8 Å². The molecule has 4 nitrogen and oxygen atoms in total. The van der Waals surface area contributed by atoms with Crippen LogP contribution in [0.5, 0.6) is 0 Å². The summed E-state index contributed by atoms with van der Waals surface area (Å²) in [5.74, 6) is 2.91. The van der Waals surface area contributed by atoms with Crippen LogP contribution in [-0.4, -0.2) is 17.6 Å². The van der Waals surface area contributed by atoms with E-state index in [-0.39, 0.29) is 5.91 Å². The van der Waals surface area contributed by atoms with Crippen LogP contribution in [0.2, 0.25) is 0 Å². The standard InChI is InChI=1S/C22H26N2O2S/c1-14-20(27-18-5-3-2-4-6-18)19(26-24-14)21(25)23-13-22-10-15-7-16(11-22)9-17(8-15)12-22/h2-6,15-17H,7-13H2,1H3,(H,23,25). The Bertz CT molecular complexity index is 810. The van der Waals surface area contributed by atoms with Gasteiger partial charge >= 0.3 is 0 Å². The number of carbonyl (C=O) groups excluding carboxylic acids is 1. The lowest BCUT2D eigenvalue weighted by Gasteiger charge is -2.56. The van der Waals surface area contributed by atoms with Gasteiger partial charge in [-0.15, -0.1) is 0 Å². The van der Waals surface area contributed by atoms with Crippen LogP contribution in [-0.2, 0) is 0 Å². The Balaban J connectivity index is 1.29. The van der Waals surface area contributed by atoms with Crippen molar-refractivity contribution < 1.29 is 9.32 Å². The lowest BCUT2D eigenvalue weighted by Crippen LogP contribution is -2.51. The molecule has 4 aliphatic carbocycles. The monoisotopic (exact) mass is 382 g/mol. The Morgan fingerprint density at radius 3 is 2.41 bits per heavy atom. The van der Waals surface area contributed by atoms with E-state index in [1.165, 1.54) is 38.5 Å². The molecule has 4 bridgehead atoms. The summed E-state index contributed by atoms with van der Waals surface area (Å²) in [5, 5.41) is 7.26. The van der Waals surface area contributed by atoms with Gasteiger partial charge in [0, 0.05) is 11.4 Å². The molecule has 0 atom stereocenters. The summed E-state index contributed by atoms with van der Waals surface area (Å²) in [7, 11) is 0. The Labute approximate surface area is 164 Å². The van der Waals surface area contributed by atoms with Crippen LogP contribution in [0, 0.1) is 30.1 Å². The Morgan fingerprint density at radius 1 is 1.15 bits per heavy atom. The first-order valence-corrected chi connectivity index (χ1v) is 10.9. The van der Waals surface area contributed by atoms with Crippen molar-refractivity contribution in [2.24, 2.45) is 23.2 Å². The summed E-state index contributed by atoms with van der Waals surface area (Å²) < 4.78 is 5.42. The fraction of sp³-hybridized carbons (Fsp3) is 0.545. The molecule has 1 heterocycles. The van der Waals surface area contributed by atoms with Crippen LogP contribution >= 0.6 is 11.8 Å². The van der Waals surface area contributed by atoms with Crippen LogP contribution in [0.4, 0.5) is 0 Å². The average Bonchev–Trinajstić information content (AvgIpc) is 3.00. The third kappa shape index (κ3) is 3.31. The molecule has 1 amide bonds. The molecule has 27 heavy (non-hydrogen) atoms. The second kappa shape index (κ2) is 6.69. The predicted molar refractivity (Wildman–Crippen MR) is 105 cm³/mol. The molecule has 1 N–H and O–H groups in total. The molecule has 0 aliphatic heterocycles. The molecule has 2 aromatic rings. The first-order valence-electron chi connectivity index (χ1n) is 10.1. The minimum Gasteiger partial charge on any atom is -0.350 e. The predicted octanol–water partition coefficient (Wildman–Crippen LogP) is 5.08. The van der Waals surface area contributed by atoms with Crippen molar-refractivity contribution in [3.8, 4) is 0 Å². The summed E-state index contributed by atoms with van der Waals surface area (Å²) in [5.41, 5.74) is 1.09. The first-order chi connectivity index (χ1) is 13.1. The van der Waals surface area contributed by atoms with Gasteiger partial charge in [0.05, 0.1) is 10.6 Å². The van der Waals surface area contributed by atoms with Crippen LogP contribution in [0.1, 0.15) is 54.8 Å². The van der Waals surface area contributed by atoms with E-state index in [0.29, 0.717) is 11.2 Å². The van der Waals surface area contributed by atoms with Gasteiger partial charge in [0.25, 0.3) is 5.91 Å². The Morgan fingerprint density at radius 2 is 1.78 bits per heavy atom. The number of carbonyl (C=O) groups is 1. The number of rotatable bonds is 5. The zero-order valence-electron chi connectivity index (χ0n) is 15.7. The highest BCUT2D eigenvalue weighted by Gasteiger charge is 2.50. The third-order valence-electron chi connectivity index (χ3n) is 6.77. The molecule has 5 heteroatoms. The molecule has 0 radical (unpaired) electrons. The van der Waals surface area contributed by atoms with E-state index in [1.807, 2.05) is 37.3 Å². The highest BCUT2D eigenvalue weighted by Crippen LogP contribution is 2.59. The van der Waals surface area contributed by atoms with Gasteiger partial charge in [0.1, 0.15) is 0 Å². The lowest BCUT2D eigenvalue weighted by molar-refractivity contribution is -0.0504. The van der Waals surface area contributed by atoms with E-state index in [2.05, 4.69) is 10.5 Å². The average molecular weight is 383 g/mol. The summed E-state index contributed by atoms with van der Waals surface area (Å²) in [6, 6.07) is 10.1. The number of nitrogens with one attached hydrogen (secondary N) is 1. The van der Waals surface area contributed by atoms with Gasteiger partial charge in [-0.25, -0.2) is 0 Å². The third-order valence-corrected chi connectivity index (χ3v) is 7.96. The molecule has 0 saturated heterocycles. The minimum atomic E-state index is -0.121. The quantitative estimate of drug-likeness (QED) is 0.783. The molecular formula is C22H26N2O2S. The van der Waals surface area contributed by atoms with Gasteiger partial charge in [-0.1, -0.05) is 35.1 Å². The maximum atomic E-state index is 12.9. The summed E-state index contributed by atoms with van der Waals surface area (Å²) in [6.45, 7) is 2.68.